The third-order valence-electron chi connectivity index (χ3n) is 14.2. The van der Waals surface area contributed by atoms with Crippen LogP contribution < -0.4 is 70.6 Å². The van der Waals surface area contributed by atoms with Crippen LogP contribution in [-0.2, 0) is 67.2 Å². The maximum Gasteiger partial charge on any atom is 0.334 e. The van der Waals surface area contributed by atoms with Crippen molar-refractivity contribution in [2.75, 3.05) is 20.1 Å². The number of carbonyl (C=O) groups is 11. The molecule has 4 aromatic rings. The summed E-state index contributed by atoms with van der Waals surface area (Å²) in [6.07, 6.45) is -2.86. The van der Waals surface area contributed by atoms with Crippen molar-refractivity contribution in [3.63, 3.8) is 0 Å². The molecule has 1 aromatic heterocycles. The van der Waals surface area contributed by atoms with E-state index < -0.39 is 144 Å². The number of nitrogens with zero attached hydrogens (tertiary/aromatic N) is 2. The van der Waals surface area contributed by atoms with Crippen LogP contribution in [-0.4, -0.2) is 177 Å². The highest BCUT2D eigenvalue weighted by Crippen LogP contribution is 2.23. The molecule has 31 heteroatoms. The molecule has 5 rings (SSSR count). The molecule has 30 nitrogen and oxygen atoms in total. The van der Waals surface area contributed by atoms with E-state index in [2.05, 4.69) is 63.4 Å². The number of nitrogens with one attached hydrogen (secondary N) is 11. The van der Waals surface area contributed by atoms with Crippen molar-refractivity contribution in [3.05, 3.63) is 102 Å². The Labute approximate surface area is 511 Å². The number of benzene rings is 3. The number of carbonyl (C=O) groups excluding carboxylic acids is 11. The predicted molar refractivity (Wildman–Crippen MR) is 320 cm³/mol. The van der Waals surface area contributed by atoms with Crippen molar-refractivity contribution in [2.24, 2.45) is 28.1 Å². The molecule has 89 heavy (non-hydrogen) atoms. The summed E-state index contributed by atoms with van der Waals surface area (Å²) >= 11 is 0. The number of aliphatic imine (C=N–C) groups is 1. The molecule has 482 valence electrons. The quantitative estimate of drug-likeness (QED) is 0.0105. The summed E-state index contributed by atoms with van der Waals surface area (Å²) in [7, 11) is 1.47. The van der Waals surface area contributed by atoms with Crippen molar-refractivity contribution >= 4 is 82.0 Å². The third kappa shape index (κ3) is 21.8. The molecule has 3 aromatic carbocycles. The number of nitrogens with two attached hydrogens (primary N) is 3. The van der Waals surface area contributed by atoms with Crippen LogP contribution in [0, 0.1) is 11.7 Å². The lowest BCUT2D eigenvalue weighted by atomic mass is 10.0. The number of aromatic hydroxyl groups is 1. The van der Waals surface area contributed by atoms with Crippen molar-refractivity contribution in [1.29, 1.82) is 0 Å². The average Bonchev–Trinajstić information content (AvgIpc) is 3.84. The Kier molecular flexibility index (Phi) is 26.1. The Morgan fingerprint density at radius 1 is 0.697 bits per heavy atom. The van der Waals surface area contributed by atoms with Crippen molar-refractivity contribution in [1.82, 2.24) is 63.3 Å². The van der Waals surface area contributed by atoms with Crippen molar-refractivity contribution in [3.8, 4) is 5.75 Å². The molecule has 1 saturated heterocycles. The lowest BCUT2D eigenvalue weighted by molar-refractivity contribution is -0.142. The zero-order valence-corrected chi connectivity index (χ0v) is 49.8. The first-order chi connectivity index (χ1) is 42.1. The van der Waals surface area contributed by atoms with Gasteiger partial charge in [-0.15, -0.1) is 0 Å². The summed E-state index contributed by atoms with van der Waals surface area (Å²) < 4.78 is 14.0. The number of hydrogen-bond donors (Lipinski definition) is 17. The Hall–Kier alpha value is -9.91. The number of primary amides is 2. The van der Waals surface area contributed by atoms with Gasteiger partial charge in [0.05, 0.1) is 18.6 Å². The zero-order chi connectivity index (χ0) is 65.6. The fourth-order valence-electron chi connectivity index (χ4n) is 9.74. The number of para-hydroxylation sites is 1. The van der Waals surface area contributed by atoms with Gasteiger partial charge in [0.1, 0.15) is 59.9 Å². The van der Waals surface area contributed by atoms with Crippen molar-refractivity contribution in [2.45, 2.75) is 140 Å². The Bertz CT molecular complexity index is 3200. The molecular weight excluding hydrogens is 1160 g/mol. The van der Waals surface area contributed by atoms with Crippen LogP contribution in [0.4, 0.5) is 9.18 Å². The van der Waals surface area contributed by atoms with Gasteiger partial charge >= 0.3 is 6.03 Å². The summed E-state index contributed by atoms with van der Waals surface area (Å²) in [5.41, 5.74) is 23.5. The van der Waals surface area contributed by atoms with Gasteiger partial charge in [-0.05, 0) is 79.1 Å². The van der Waals surface area contributed by atoms with Crippen molar-refractivity contribution < 1.29 is 72.4 Å². The smallest absolute Gasteiger partial charge is 0.334 e. The number of halogens is 1. The molecule has 0 bridgehead atoms. The predicted octanol–water partition coefficient (Wildman–Crippen LogP) is -3.27. The molecule has 0 radical (unpaired) electrons. The van der Waals surface area contributed by atoms with E-state index in [9.17, 15) is 72.4 Å². The summed E-state index contributed by atoms with van der Waals surface area (Å²) in [4.78, 5) is 157. The molecule has 0 spiro atoms. The highest BCUT2D eigenvalue weighted by atomic mass is 19.1. The second-order valence-electron chi connectivity index (χ2n) is 21.9. The number of fused-ring (bicyclic) bond motifs is 1. The Morgan fingerprint density at radius 3 is 1.92 bits per heavy atom. The molecule has 20 N–H and O–H groups in total. The number of hydrazine groups is 1. The minimum absolute atomic E-state index is 0.00291. The van der Waals surface area contributed by atoms with Crippen LogP contribution in [0.5, 0.6) is 5.75 Å². The van der Waals surface area contributed by atoms with E-state index in [0.29, 0.717) is 11.1 Å². The van der Waals surface area contributed by atoms with E-state index in [4.69, 9.17) is 17.2 Å². The van der Waals surface area contributed by atoms with Crippen LogP contribution in [0.15, 0.2) is 84.0 Å². The number of aromatic amines is 1. The average molecular weight is 1240 g/mol. The zero-order valence-electron chi connectivity index (χ0n) is 49.8. The first kappa shape index (κ1) is 69.9. The summed E-state index contributed by atoms with van der Waals surface area (Å²) in [5.74, 6) is -10.5. The SMILES string of the molecule is CN=C(N)NCCCC(NC(=O)[C@H](CC(C)C)NC(=O)NNC(=O)[C@H](Cc1ccc(F)cc1)NC(=O)[C@@H](NC(=O)[C@H](CC(N)=O)NC(=O)[C@@H]1C[C@@H](O)CN1C(=O)[C@@H](Cc1ccc(O)cc1)NC(C)=O)[C@@H](C)O)C(=O)N[C@@H](Cc1c[nH]c2ccccc12)C(N)=O. The molecule has 0 saturated carbocycles. The Morgan fingerprint density at radius 2 is 1.30 bits per heavy atom. The van der Waals surface area contributed by atoms with E-state index in [1.807, 2.05) is 24.3 Å². The summed E-state index contributed by atoms with van der Waals surface area (Å²) in [6, 6.07) is 4.43. The maximum absolute atomic E-state index is 14.1. The van der Waals surface area contributed by atoms with Crippen LogP contribution in [0.2, 0.25) is 0 Å². The topological polar surface area (TPSA) is 478 Å². The van der Waals surface area contributed by atoms with E-state index in [1.54, 1.807) is 20.0 Å². The number of phenols is 1. The number of likely N-dealkylation sites (tertiary alicyclic amines) is 1. The van der Waals surface area contributed by atoms with Gasteiger partial charge in [-0.3, -0.25) is 58.4 Å². The van der Waals surface area contributed by atoms with E-state index in [-0.39, 0.29) is 74.8 Å². The van der Waals surface area contributed by atoms with Gasteiger partial charge in [-0.1, -0.05) is 56.3 Å². The molecule has 10 atom stereocenters. The Balaban J connectivity index is 1.29. The number of urea groups is 1. The largest absolute Gasteiger partial charge is 0.508 e. The number of amides is 12. The maximum atomic E-state index is 14.1. The van der Waals surface area contributed by atoms with Gasteiger partial charge in [0, 0.05) is 69.8 Å². The van der Waals surface area contributed by atoms with Gasteiger partial charge in [0.25, 0.3) is 5.91 Å². The molecule has 1 unspecified atom stereocenters. The number of aromatic nitrogens is 1. The second-order valence-corrected chi connectivity index (χ2v) is 21.9. The lowest BCUT2D eigenvalue weighted by Crippen LogP contribution is -2.62. The number of hydrogen-bond acceptors (Lipinski definition) is 15. The molecule has 1 aliphatic rings. The summed E-state index contributed by atoms with van der Waals surface area (Å²) in [5, 5.41) is 52.2. The number of aliphatic hydroxyl groups is 2. The first-order valence-electron chi connectivity index (χ1n) is 28.6. The van der Waals surface area contributed by atoms with Crippen LogP contribution >= 0.6 is 0 Å². The minimum Gasteiger partial charge on any atom is -0.508 e. The van der Waals surface area contributed by atoms with Gasteiger partial charge in [-0.2, -0.15) is 0 Å². The molecular formula is C58H79FN16O14. The number of β-amino-alcohol motifs (C(OH)–C–C–N with tert-alkyl or cyclic N) is 1. The van der Waals surface area contributed by atoms with Gasteiger partial charge in [0.2, 0.25) is 53.2 Å². The van der Waals surface area contributed by atoms with Gasteiger partial charge in [0.15, 0.2) is 5.96 Å². The van der Waals surface area contributed by atoms with E-state index in [1.165, 1.54) is 43.4 Å². The highest BCUT2D eigenvalue weighted by molar-refractivity contribution is 5.99. The van der Waals surface area contributed by atoms with Crippen LogP contribution in [0.3, 0.4) is 0 Å². The molecule has 1 fully saturated rings. The standard InChI is InChI=1S/C58H79FN16O14/c1-29(2)21-42(51(83)67-40(11-8-20-64-57(62)63-5)50(82)68-41(49(61)81)24-34-27-65-39-10-7-6-9-38(34)39)71-58(89)74-73-53(85)43(22-32-12-16-35(59)17-13-32)70-55(87)48(30(3)76)72-52(84)44(26-47(60)80)69-54(86)46-25-37(79)28-75(46)56(88)45(66-31(4)77)23-33-14-18-36(78)19-15-33/h6-7,9-10,12-19,27,29-30,37,40-46,48,65,76,78-79H,8,11,20-26,28H2,1-5H3,(H2,60,80)(H2,61,81)(H,66,77)(H,67,83)(H,68,82)(H,69,86)(H,70,87)(H,72,84)(H,73,85)(H3,62,63,64)(H2,71,74,89)/t30-,37-,40?,41+,42+,43+,44+,45-,46+,48+/m1/s1. The number of aliphatic hydroxyl groups excluding tert-OH is 2. The van der Waals surface area contributed by atoms with Gasteiger partial charge in [-0.25, -0.2) is 14.6 Å². The normalized spacial score (nSPS) is 16.6. The monoisotopic (exact) mass is 1240 g/mol. The highest BCUT2D eigenvalue weighted by Gasteiger charge is 2.43. The second kappa shape index (κ2) is 33.3. The number of phenolic OH excluding ortho intramolecular Hbond substituents is 1. The van der Waals surface area contributed by atoms with E-state index >= 15 is 0 Å². The molecule has 12 amide bonds. The lowest BCUT2D eigenvalue weighted by Gasteiger charge is -2.30. The number of rotatable bonds is 30. The first-order valence-corrected chi connectivity index (χ1v) is 28.6. The fraction of sp³-hybridized carbons (Fsp3) is 0.448. The molecule has 0 aliphatic carbocycles. The third-order valence-corrected chi connectivity index (χ3v) is 14.2. The molecule has 1 aliphatic heterocycles. The van der Waals surface area contributed by atoms with Crippen LogP contribution in [0.25, 0.3) is 10.9 Å². The van der Waals surface area contributed by atoms with Gasteiger partial charge < -0.3 is 84.9 Å². The van der Waals surface area contributed by atoms with E-state index in [0.717, 1.165) is 41.8 Å². The number of H-pyrrole nitrogens is 1. The molecule has 2 heterocycles. The minimum atomic E-state index is -1.96. The number of guanidine groups is 1. The fourth-order valence-corrected chi connectivity index (χ4v) is 9.74. The summed E-state index contributed by atoms with van der Waals surface area (Å²) in [6.45, 7) is 5.57. The van der Waals surface area contributed by atoms with Crippen LogP contribution in [0.1, 0.15) is 76.5 Å².